The minimum Gasteiger partial charge on any atom is -0.380 e. The summed E-state index contributed by atoms with van der Waals surface area (Å²) in [6.07, 6.45) is 1.12. The number of halogens is 1. The molecule has 0 spiro atoms. The van der Waals surface area contributed by atoms with Crippen molar-refractivity contribution in [2.75, 3.05) is 25.1 Å². The smallest absolute Gasteiger partial charge is 0.146 e. The van der Waals surface area contributed by atoms with Crippen LogP contribution in [0.15, 0.2) is 18.2 Å². The molecule has 1 aliphatic rings. The van der Waals surface area contributed by atoms with Crippen LogP contribution in [-0.4, -0.2) is 26.3 Å². The zero-order chi connectivity index (χ0) is 12.4. The molecule has 17 heavy (non-hydrogen) atoms. The van der Waals surface area contributed by atoms with Crippen LogP contribution in [0.25, 0.3) is 0 Å². The van der Waals surface area contributed by atoms with E-state index >= 15 is 0 Å². The third-order valence-electron chi connectivity index (χ3n) is 3.30. The number of rotatable bonds is 3. The average molecular weight is 238 g/mol. The van der Waals surface area contributed by atoms with Crippen LogP contribution in [0.5, 0.6) is 0 Å². The highest BCUT2D eigenvalue weighted by Gasteiger charge is 2.26. The molecule has 0 saturated carbocycles. The molecule has 0 aromatic heterocycles. The maximum Gasteiger partial charge on any atom is 0.146 e. The Labute approximate surface area is 101 Å². The van der Waals surface area contributed by atoms with Gasteiger partial charge in [-0.05, 0) is 25.0 Å². The Morgan fingerprint density at radius 2 is 2.29 bits per heavy atom. The molecule has 1 aromatic rings. The summed E-state index contributed by atoms with van der Waals surface area (Å²) in [5.41, 5.74) is 7.40. The van der Waals surface area contributed by atoms with Crippen molar-refractivity contribution >= 4 is 5.69 Å². The molecule has 2 N–H and O–H groups in total. The fourth-order valence-corrected chi connectivity index (χ4v) is 2.36. The minimum absolute atomic E-state index is 0.165. The highest BCUT2D eigenvalue weighted by molar-refractivity contribution is 5.56. The van der Waals surface area contributed by atoms with E-state index in [0.717, 1.165) is 25.1 Å². The summed E-state index contributed by atoms with van der Waals surface area (Å²) < 4.78 is 19.3. The van der Waals surface area contributed by atoms with Gasteiger partial charge in [0, 0.05) is 26.2 Å². The number of para-hydroxylation sites is 1. The van der Waals surface area contributed by atoms with Crippen LogP contribution < -0.4 is 10.6 Å². The summed E-state index contributed by atoms with van der Waals surface area (Å²) in [5.74, 6) is -0.198. The molecule has 0 bridgehead atoms. The molecule has 1 aliphatic heterocycles. The topological polar surface area (TPSA) is 38.5 Å². The monoisotopic (exact) mass is 238 g/mol. The second kappa shape index (κ2) is 5.02. The lowest BCUT2D eigenvalue weighted by molar-refractivity contribution is 0.121. The Balaban J connectivity index is 2.31. The molecular weight excluding hydrogens is 219 g/mol. The highest BCUT2D eigenvalue weighted by atomic mass is 19.1. The normalized spacial score (nSPS) is 21.9. The Morgan fingerprint density at radius 3 is 2.88 bits per heavy atom. The van der Waals surface area contributed by atoms with Crippen molar-refractivity contribution in [3.63, 3.8) is 0 Å². The first kappa shape index (κ1) is 12.3. The predicted molar refractivity (Wildman–Crippen MR) is 66.6 cm³/mol. The van der Waals surface area contributed by atoms with Crippen LogP contribution >= 0.6 is 0 Å². The fourth-order valence-electron chi connectivity index (χ4n) is 2.36. The summed E-state index contributed by atoms with van der Waals surface area (Å²) in [6.45, 7) is 3.43. The van der Waals surface area contributed by atoms with Gasteiger partial charge in [0.2, 0.25) is 0 Å². The van der Waals surface area contributed by atoms with Crippen LogP contribution in [0.3, 0.4) is 0 Å². The van der Waals surface area contributed by atoms with Crippen LogP contribution in [0.1, 0.15) is 24.9 Å². The second-order valence-electron chi connectivity index (χ2n) is 4.56. The summed E-state index contributed by atoms with van der Waals surface area (Å²) in [7, 11) is 1.70. The first-order valence-electron chi connectivity index (χ1n) is 5.95. The maximum atomic E-state index is 14.0. The van der Waals surface area contributed by atoms with Gasteiger partial charge in [0.25, 0.3) is 0 Å². The number of benzene rings is 1. The van der Waals surface area contributed by atoms with E-state index in [9.17, 15) is 4.39 Å². The van der Waals surface area contributed by atoms with Gasteiger partial charge in [-0.2, -0.15) is 0 Å². The standard InChI is InChI=1S/C13H19FN2O/c1-9(15)11-4-3-5-12(14)13(11)16-7-6-10(8-16)17-2/h3-5,9-10H,6-8,15H2,1-2H3. The number of hydrogen-bond donors (Lipinski definition) is 1. The number of nitrogens with two attached hydrogens (primary N) is 1. The molecule has 1 fully saturated rings. The summed E-state index contributed by atoms with van der Waals surface area (Å²) in [4.78, 5) is 2.03. The molecule has 1 aromatic carbocycles. The van der Waals surface area contributed by atoms with Gasteiger partial charge in [0.1, 0.15) is 5.82 Å². The van der Waals surface area contributed by atoms with E-state index in [1.165, 1.54) is 6.07 Å². The molecule has 1 heterocycles. The van der Waals surface area contributed by atoms with Crippen molar-refractivity contribution in [1.82, 2.24) is 0 Å². The van der Waals surface area contributed by atoms with E-state index in [4.69, 9.17) is 10.5 Å². The van der Waals surface area contributed by atoms with Crippen LogP contribution in [-0.2, 0) is 4.74 Å². The fraction of sp³-hybridized carbons (Fsp3) is 0.538. The Hall–Kier alpha value is -1.13. The first-order valence-corrected chi connectivity index (χ1v) is 5.95. The molecule has 4 heteroatoms. The number of nitrogens with zero attached hydrogens (tertiary/aromatic N) is 1. The third kappa shape index (κ3) is 2.42. The van der Waals surface area contributed by atoms with E-state index in [1.807, 2.05) is 17.9 Å². The largest absolute Gasteiger partial charge is 0.380 e. The quantitative estimate of drug-likeness (QED) is 0.876. The summed E-state index contributed by atoms with van der Waals surface area (Å²) in [6, 6.07) is 4.92. The van der Waals surface area contributed by atoms with Gasteiger partial charge < -0.3 is 15.4 Å². The molecule has 0 aliphatic carbocycles. The number of anilines is 1. The van der Waals surface area contributed by atoms with Gasteiger partial charge >= 0.3 is 0 Å². The zero-order valence-corrected chi connectivity index (χ0v) is 10.3. The summed E-state index contributed by atoms with van der Waals surface area (Å²) in [5, 5.41) is 0. The Kier molecular flexibility index (Phi) is 3.64. The van der Waals surface area contributed by atoms with Crippen molar-refractivity contribution < 1.29 is 9.13 Å². The van der Waals surface area contributed by atoms with Gasteiger partial charge in [-0.1, -0.05) is 12.1 Å². The number of ether oxygens (including phenoxy) is 1. The zero-order valence-electron chi connectivity index (χ0n) is 10.3. The Bertz CT molecular complexity index is 395. The second-order valence-corrected chi connectivity index (χ2v) is 4.56. The molecule has 1 saturated heterocycles. The van der Waals surface area contributed by atoms with Gasteiger partial charge in [-0.25, -0.2) is 4.39 Å². The van der Waals surface area contributed by atoms with Crippen LogP contribution in [0.4, 0.5) is 10.1 Å². The van der Waals surface area contributed by atoms with Crippen molar-refractivity contribution in [3.8, 4) is 0 Å². The Morgan fingerprint density at radius 1 is 1.53 bits per heavy atom. The number of methoxy groups -OCH3 is 1. The SMILES string of the molecule is COC1CCN(c2c(F)cccc2C(C)N)C1. The van der Waals surface area contributed by atoms with Crippen molar-refractivity contribution in [3.05, 3.63) is 29.6 Å². The average Bonchev–Trinajstić information content (AvgIpc) is 2.76. The van der Waals surface area contributed by atoms with E-state index in [1.54, 1.807) is 13.2 Å². The lowest BCUT2D eigenvalue weighted by atomic mass is 10.1. The van der Waals surface area contributed by atoms with Crippen molar-refractivity contribution in [1.29, 1.82) is 0 Å². The molecule has 2 atom stereocenters. The lowest BCUT2D eigenvalue weighted by Gasteiger charge is -2.24. The van der Waals surface area contributed by atoms with E-state index in [2.05, 4.69) is 0 Å². The molecule has 3 nitrogen and oxygen atoms in total. The molecule has 2 unspecified atom stereocenters. The molecule has 0 amide bonds. The molecular formula is C13H19FN2O. The summed E-state index contributed by atoms with van der Waals surface area (Å²) >= 11 is 0. The van der Waals surface area contributed by atoms with Gasteiger partial charge in [-0.3, -0.25) is 0 Å². The van der Waals surface area contributed by atoms with Crippen LogP contribution in [0, 0.1) is 5.82 Å². The third-order valence-corrected chi connectivity index (χ3v) is 3.30. The van der Waals surface area contributed by atoms with E-state index in [0.29, 0.717) is 5.69 Å². The highest BCUT2D eigenvalue weighted by Crippen LogP contribution is 2.31. The van der Waals surface area contributed by atoms with E-state index < -0.39 is 0 Å². The molecule has 0 radical (unpaired) electrons. The molecule has 2 rings (SSSR count). The molecule has 94 valence electrons. The predicted octanol–water partition coefficient (Wildman–Crippen LogP) is 2.07. The van der Waals surface area contributed by atoms with Crippen molar-refractivity contribution in [2.45, 2.75) is 25.5 Å². The lowest BCUT2D eigenvalue weighted by Crippen LogP contribution is -2.25. The van der Waals surface area contributed by atoms with E-state index in [-0.39, 0.29) is 18.0 Å². The van der Waals surface area contributed by atoms with Gasteiger partial charge in [-0.15, -0.1) is 0 Å². The van der Waals surface area contributed by atoms with Crippen LogP contribution in [0.2, 0.25) is 0 Å². The van der Waals surface area contributed by atoms with Gasteiger partial charge in [0.05, 0.1) is 11.8 Å². The first-order chi connectivity index (χ1) is 8.13. The van der Waals surface area contributed by atoms with Crippen molar-refractivity contribution in [2.24, 2.45) is 5.73 Å². The van der Waals surface area contributed by atoms with Gasteiger partial charge in [0.15, 0.2) is 0 Å². The number of hydrogen-bond acceptors (Lipinski definition) is 3. The maximum absolute atomic E-state index is 14.0. The minimum atomic E-state index is -0.198.